The summed E-state index contributed by atoms with van der Waals surface area (Å²) in [6.07, 6.45) is 1.80. The number of hydrogen-bond acceptors (Lipinski definition) is 10. The Balaban J connectivity index is 1.81. The normalized spacial score (nSPS) is 14.1. The maximum Gasteiger partial charge on any atom is 0.269 e. The van der Waals surface area contributed by atoms with Crippen LogP contribution in [0.2, 0.25) is 0 Å². The number of H-pyrrole nitrogens is 1. The summed E-state index contributed by atoms with van der Waals surface area (Å²) in [6, 6.07) is 8.34. The first kappa shape index (κ1) is 21.4. The van der Waals surface area contributed by atoms with Crippen molar-refractivity contribution in [2.75, 3.05) is 12.0 Å². The topological polar surface area (TPSA) is 174 Å². The first-order chi connectivity index (χ1) is 16.3. The molecule has 0 bridgehead atoms. The molecular weight excluding hydrogens is 458 g/mol. The van der Waals surface area contributed by atoms with Crippen LogP contribution in [-0.4, -0.2) is 41.1 Å². The van der Waals surface area contributed by atoms with E-state index < -0.39 is 10.8 Å². The first-order valence-electron chi connectivity index (χ1n) is 10.0. The number of aryl methyl sites for hydroxylation is 2. The molecule has 1 aromatic carbocycles. The van der Waals surface area contributed by atoms with Crippen LogP contribution in [0.3, 0.4) is 0 Å². The van der Waals surface area contributed by atoms with Gasteiger partial charge in [-0.1, -0.05) is 12.1 Å². The second-order valence-corrected chi connectivity index (χ2v) is 8.35. The summed E-state index contributed by atoms with van der Waals surface area (Å²) in [7, 11) is 0. The molecule has 4 aromatic rings. The molecular formula is C21H17N9O3S. The SMILES string of the molecule is CSc1nn(-c2nc(C)nc3c2C(c2ccc([N+](=O)[O-])cc2)c2c(n[nH]c2C)O3)c(N)c1C#N. The Morgan fingerprint density at radius 1 is 1.24 bits per heavy atom. The number of nitro groups is 1. The van der Waals surface area contributed by atoms with Crippen LogP contribution in [0.25, 0.3) is 5.82 Å². The highest BCUT2D eigenvalue weighted by molar-refractivity contribution is 7.98. The van der Waals surface area contributed by atoms with Crippen molar-refractivity contribution in [3.8, 4) is 23.6 Å². The van der Waals surface area contributed by atoms with Crippen LogP contribution in [0, 0.1) is 35.3 Å². The molecule has 170 valence electrons. The van der Waals surface area contributed by atoms with E-state index in [1.54, 1.807) is 25.3 Å². The van der Waals surface area contributed by atoms with Gasteiger partial charge in [0.05, 0.1) is 16.4 Å². The molecule has 1 atom stereocenters. The molecule has 1 aliphatic heterocycles. The van der Waals surface area contributed by atoms with Crippen LogP contribution in [0.1, 0.15) is 39.7 Å². The van der Waals surface area contributed by atoms with Gasteiger partial charge in [0.15, 0.2) is 5.82 Å². The summed E-state index contributed by atoms with van der Waals surface area (Å²) >= 11 is 1.30. The van der Waals surface area contributed by atoms with E-state index in [2.05, 4.69) is 31.3 Å². The molecule has 0 fully saturated rings. The van der Waals surface area contributed by atoms with Crippen molar-refractivity contribution in [2.45, 2.75) is 24.8 Å². The van der Waals surface area contributed by atoms with Crippen molar-refractivity contribution in [3.63, 3.8) is 0 Å². The van der Waals surface area contributed by atoms with Gasteiger partial charge < -0.3 is 10.5 Å². The van der Waals surface area contributed by atoms with Crippen LogP contribution in [0.5, 0.6) is 11.8 Å². The number of nitriles is 1. The van der Waals surface area contributed by atoms with E-state index in [0.29, 0.717) is 28.1 Å². The lowest BCUT2D eigenvalue weighted by Crippen LogP contribution is -2.19. The van der Waals surface area contributed by atoms with Crippen LogP contribution >= 0.6 is 11.8 Å². The molecule has 0 spiro atoms. The van der Waals surface area contributed by atoms with Gasteiger partial charge >= 0.3 is 0 Å². The van der Waals surface area contributed by atoms with Gasteiger partial charge in [-0.15, -0.1) is 16.9 Å². The van der Waals surface area contributed by atoms with Crippen molar-refractivity contribution in [1.82, 2.24) is 29.9 Å². The third-order valence-corrected chi connectivity index (χ3v) is 6.24. The number of non-ortho nitro benzene ring substituents is 1. The molecule has 4 heterocycles. The molecule has 13 heteroatoms. The highest BCUT2D eigenvalue weighted by atomic mass is 32.2. The van der Waals surface area contributed by atoms with Crippen LogP contribution < -0.4 is 10.5 Å². The number of hydrogen-bond donors (Lipinski definition) is 2. The first-order valence-corrected chi connectivity index (χ1v) is 11.2. The highest BCUT2D eigenvalue weighted by Gasteiger charge is 2.38. The molecule has 0 amide bonds. The van der Waals surface area contributed by atoms with Gasteiger partial charge in [0.1, 0.15) is 28.3 Å². The number of fused-ring (bicyclic) bond motifs is 2. The van der Waals surface area contributed by atoms with E-state index in [9.17, 15) is 15.4 Å². The van der Waals surface area contributed by atoms with Crippen molar-refractivity contribution < 1.29 is 9.66 Å². The predicted molar refractivity (Wildman–Crippen MR) is 122 cm³/mol. The number of aromatic nitrogens is 6. The molecule has 0 saturated carbocycles. The van der Waals surface area contributed by atoms with Gasteiger partial charge in [-0.05, 0) is 25.7 Å². The van der Waals surface area contributed by atoms with Crippen LogP contribution in [0.15, 0.2) is 29.3 Å². The Morgan fingerprint density at radius 2 is 1.97 bits per heavy atom. The number of rotatable bonds is 4. The summed E-state index contributed by atoms with van der Waals surface area (Å²) < 4.78 is 7.45. The molecule has 3 N–H and O–H groups in total. The van der Waals surface area contributed by atoms with Crippen molar-refractivity contribution in [2.24, 2.45) is 0 Å². The van der Waals surface area contributed by atoms with Crippen LogP contribution in [-0.2, 0) is 0 Å². The number of nitrogens with zero attached hydrogens (tertiary/aromatic N) is 7. The molecule has 34 heavy (non-hydrogen) atoms. The third kappa shape index (κ3) is 3.15. The summed E-state index contributed by atoms with van der Waals surface area (Å²) in [5.74, 6) is 1.04. The van der Waals surface area contributed by atoms with Gasteiger partial charge in [-0.2, -0.15) is 20.0 Å². The zero-order chi connectivity index (χ0) is 24.1. The molecule has 1 aliphatic rings. The maximum absolute atomic E-state index is 11.2. The molecule has 0 radical (unpaired) electrons. The third-order valence-electron chi connectivity index (χ3n) is 5.56. The van der Waals surface area contributed by atoms with E-state index in [4.69, 9.17) is 10.5 Å². The molecule has 0 aliphatic carbocycles. The van der Waals surface area contributed by atoms with E-state index >= 15 is 0 Å². The van der Waals surface area contributed by atoms with E-state index in [0.717, 1.165) is 16.8 Å². The lowest BCUT2D eigenvalue weighted by molar-refractivity contribution is -0.384. The van der Waals surface area contributed by atoms with Crippen molar-refractivity contribution >= 4 is 23.3 Å². The number of thioether (sulfide) groups is 1. The number of nitrogen functional groups attached to an aromatic ring is 1. The van der Waals surface area contributed by atoms with Gasteiger partial charge in [-0.25, -0.2) is 4.98 Å². The smallest absolute Gasteiger partial charge is 0.269 e. The fraction of sp³-hybridized carbons (Fsp3) is 0.190. The molecule has 12 nitrogen and oxygen atoms in total. The lowest BCUT2D eigenvalue weighted by Gasteiger charge is -2.27. The van der Waals surface area contributed by atoms with Gasteiger partial charge in [0.2, 0.25) is 11.8 Å². The number of nitro benzene ring substituents is 1. The molecule has 0 saturated heterocycles. The summed E-state index contributed by atoms with van der Waals surface area (Å²) in [6.45, 7) is 3.56. The molecule has 5 rings (SSSR count). The zero-order valence-electron chi connectivity index (χ0n) is 18.2. The standard InChI is InChI=1S/C21H17N9O3S/c1-9-14-15(11-4-6-12(7-5-11)30(31)32)16-18(29-17(23)13(8-22)21(28-29)34-3)24-10(2)25-19(16)33-20(14)27-26-9/h4-7,15H,23H2,1-3H3,(H,26,27). The Kier molecular flexibility index (Phi) is 4.94. The average Bonchev–Trinajstić information content (AvgIpc) is 3.35. The summed E-state index contributed by atoms with van der Waals surface area (Å²) in [4.78, 5) is 19.8. The number of benzene rings is 1. The zero-order valence-corrected chi connectivity index (χ0v) is 19.0. The largest absolute Gasteiger partial charge is 0.418 e. The quantitative estimate of drug-likeness (QED) is 0.223. The van der Waals surface area contributed by atoms with E-state index in [1.807, 2.05) is 6.92 Å². The van der Waals surface area contributed by atoms with E-state index in [1.165, 1.54) is 28.6 Å². The minimum Gasteiger partial charge on any atom is -0.418 e. The highest BCUT2D eigenvalue weighted by Crippen LogP contribution is 2.49. The van der Waals surface area contributed by atoms with Crippen molar-refractivity contribution in [1.29, 1.82) is 5.26 Å². The number of nitrogens with one attached hydrogen (secondary N) is 1. The summed E-state index contributed by atoms with van der Waals surface area (Å²) in [5, 5.41) is 33.0. The van der Waals surface area contributed by atoms with Gasteiger partial charge in [0, 0.05) is 23.4 Å². The minimum atomic E-state index is -0.485. The Hall–Kier alpha value is -4.44. The second kappa shape index (κ2) is 7.85. The fourth-order valence-electron chi connectivity index (χ4n) is 4.04. The fourth-order valence-corrected chi connectivity index (χ4v) is 4.56. The Labute approximate surface area is 196 Å². The Morgan fingerprint density at radius 3 is 2.59 bits per heavy atom. The number of ether oxygens (including phenoxy) is 1. The predicted octanol–water partition coefficient (Wildman–Crippen LogP) is 3.37. The lowest BCUT2D eigenvalue weighted by atomic mass is 9.84. The molecule has 3 aromatic heterocycles. The second-order valence-electron chi connectivity index (χ2n) is 7.56. The Bertz CT molecular complexity index is 1500. The number of nitrogens with two attached hydrogens (primary N) is 1. The van der Waals surface area contributed by atoms with Gasteiger partial charge in [0.25, 0.3) is 5.69 Å². The number of anilines is 1. The average molecular weight is 475 g/mol. The summed E-state index contributed by atoms with van der Waals surface area (Å²) in [5.41, 5.74) is 9.34. The molecule has 1 unspecified atom stereocenters. The van der Waals surface area contributed by atoms with Crippen molar-refractivity contribution in [3.05, 3.63) is 68.2 Å². The maximum atomic E-state index is 11.2. The minimum absolute atomic E-state index is 0.0276. The van der Waals surface area contributed by atoms with E-state index in [-0.39, 0.29) is 22.9 Å². The number of aromatic amines is 1. The van der Waals surface area contributed by atoms with Gasteiger partial charge in [-0.3, -0.25) is 15.2 Å². The monoisotopic (exact) mass is 475 g/mol. The van der Waals surface area contributed by atoms with Crippen LogP contribution in [0.4, 0.5) is 11.5 Å².